The number of carbonyl (C=O) groups excluding carboxylic acids is 2. The van der Waals surface area contributed by atoms with E-state index in [0.29, 0.717) is 0 Å². The van der Waals surface area contributed by atoms with Crippen molar-refractivity contribution in [2.45, 2.75) is 52.2 Å². The number of aliphatic hydroxyl groups is 1. The van der Waals surface area contributed by atoms with Gasteiger partial charge in [-0.15, -0.1) is 0 Å². The number of hydrogen-bond acceptors (Lipinski definition) is 5. The van der Waals surface area contributed by atoms with Crippen molar-refractivity contribution >= 4 is 11.9 Å². The summed E-state index contributed by atoms with van der Waals surface area (Å²) < 4.78 is 9.64. The maximum Gasteiger partial charge on any atom is 0.338 e. The highest BCUT2D eigenvalue weighted by Crippen LogP contribution is 2.16. The lowest BCUT2D eigenvalue weighted by Gasteiger charge is -2.24. The molecule has 1 N–H and O–H groups in total. The summed E-state index contributed by atoms with van der Waals surface area (Å²) >= 11 is 0. The van der Waals surface area contributed by atoms with Crippen LogP contribution in [-0.4, -0.2) is 34.9 Å². The summed E-state index contributed by atoms with van der Waals surface area (Å²) in [5.74, 6) is -1.45. The van der Waals surface area contributed by atoms with Crippen LogP contribution in [0, 0.1) is 0 Å². The fourth-order valence-corrected chi connectivity index (χ4v) is 1.02. The van der Waals surface area contributed by atoms with Gasteiger partial charge in [-0.05, 0) is 34.6 Å². The van der Waals surface area contributed by atoms with Gasteiger partial charge in [0, 0.05) is 0 Å². The molecule has 1 atom stereocenters. The van der Waals surface area contributed by atoms with E-state index in [2.05, 4.69) is 4.74 Å². The molecule has 0 amide bonds. The first-order valence-electron chi connectivity index (χ1n) is 5.20. The molecule has 5 nitrogen and oxygen atoms in total. The van der Waals surface area contributed by atoms with Crippen molar-refractivity contribution in [3.63, 3.8) is 0 Å². The molecule has 0 saturated carbocycles. The molecule has 0 aliphatic heterocycles. The van der Waals surface area contributed by atoms with Crippen LogP contribution < -0.4 is 0 Å². The van der Waals surface area contributed by atoms with Crippen molar-refractivity contribution in [2.24, 2.45) is 0 Å². The molecule has 0 aliphatic rings. The summed E-state index contributed by atoms with van der Waals surface area (Å²) in [5.41, 5.74) is -2.47. The third-order valence-electron chi connectivity index (χ3n) is 1.62. The zero-order chi connectivity index (χ0) is 13.0. The number of ether oxygens (including phenoxy) is 2. The molecule has 5 heteroatoms. The Labute approximate surface area is 95.7 Å². The van der Waals surface area contributed by atoms with E-state index in [4.69, 9.17) is 4.74 Å². The van der Waals surface area contributed by atoms with E-state index >= 15 is 0 Å². The predicted molar refractivity (Wildman–Crippen MR) is 57.7 cm³/mol. The molecule has 0 aromatic carbocycles. The highest BCUT2D eigenvalue weighted by atomic mass is 16.6. The molecular formula is C11H20O5. The van der Waals surface area contributed by atoms with Gasteiger partial charge in [0.2, 0.25) is 0 Å². The summed E-state index contributed by atoms with van der Waals surface area (Å²) in [6.45, 7) is 8.15. The minimum absolute atomic E-state index is 0.156. The van der Waals surface area contributed by atoms with Crippen molar-refractivity contribution in [2.75, 3.05) is 6.61 Å². The van der Waals surface area contributed by atoms with E-state index in [9.17, 15) is 14.7 Å². The lowest BCUT2D eigenvalue weighted by molar-refractivity contribution is -0.174. The van der Waals surface area contributed by atoms with Crippen LogP contribution in [0.2, 0.25) is 0 Å². The van der Waals surface area contributed by atoms with Crippen LogP contribution in [0.5, 0.6) is 0 Å². The molecule has 94 valence electrons. The molecule has 0 rings (SSSR count). The fourth-order valence-electron chi connectivity index (χ4n) is 1.02. The highest BCUT2D eigenvalue weighted by molar-refractivity contribution is 5.85. The van der Waals surface area contributed by atoms with E-state index in [-0.39, 0.29) is 6.61 Å². The zero-order valence-electron chi connectivity index (χ0n) is 10.5. The van der Waals surface area contributed by atoms with Gasteiger partial charge < -0.3 is 14.6 Å². The van der Waals surface area contributed by atoms with Gasteiger partial charge in [-0.2, -0.15) is 0 Å². The minimum Gasteiger partial charge on any atom is -0.464 e. The summed E-state index contributed by atoms with van der Waals surface area (Å²) in [6, 6.07) is 0. The van der Waals surface area contributed by atoms with Gasteiger partial charge in [0.25, 0.3) is 0 Å². The first kappa shape index (κ1) is 14.9. The Morgan fingerprint density at radius 1 is 1.19 bits per heavy atom. The number of carbonyl (C=O) groups is 2. The Kier molecular flexibility index (Phi) is 4.93. The summed E-state index contributed by atoms with van der Waals surface area (Å²) in [6.07, 6.45) is -0.414. The van der Waals surface area contributed by atoms with Crippen molar-refractivity contribution in [1.29, 1.82) is 0 Å². The summed E-state index contributed by atoms with van der Waals surface area (Å²) in [7, 11) is 0. The average molecular weight is 232 g/mol. The van der Waals surface area contributed by atoms with Crippen molar-refractivity contribution in [3.8, 4) is 0 Å². The maximum absolute atomic E-state index is 11.4. The summed E-state index contributed by atoms with van der Waals surface area (Å²) in [5, 5.41) is 9.71. The Balaban J connectivity index is 4.36. The molecule has 0 fully saturated rings. The monoisotopic (exact) mass is 232 g/mol. The standard InChI is InChI=1S/C11H20O5/c1-6-15-9(13)11(5,14)7-8(12)16-10(2,3)4/h14H,6-7H2,1-5H3/t11-/m0/s1. The first-order chi connectivity index (χ1) is 7.08. The molecule has 16 heavy (non-hydrogen) atoms. The third-order valence-corrected chi connectivity index (χ3v) is 1.62. The van der Waals surface area contributed by atoms with Crippen LogP contribution in [0.4, 0.5) is 0 Å². The van der Waals surface area contributed by atoms with E-state index in [0.717, 1.165) is 0 Å². The van der Waals surface area contributed by atoms with Crippen LogP contribution in [-0.2, 0) is 19.1 Å². The lowest BCUT2D eigenvalue weighted by Crippen LogP contribution is -2.40. The lowest BCUT2D eigenvalue weighted by atomic mass is 10.0. The molecule has 0 saturated heterocycles. The quantitative estimate of drug-likeness (QED) is 0.733. The van der Waals surface area contributed by atoms with Crippen LogP contribution in [0.25, 0.3) is 0 Å². The molecule has 0 aromatic rings. The van der Waals surface area contributed by atoms with E-state index < -0.39 is 29.6 Å². The van der Waals surface area contributed by atoms with Gasteiger partial charge in [-0.3, -0.25) is 4.79 Å². The smallest absolute Gasteiger partial charge is 0.338 e. The van der Waals surface area contributed by atoms with Crippen molar-refractivity contribution < 1.29 is 24.2 Å². The molecule has 0 unspecified atom stereocenters. The second-order valence-electron chi connectivity index (χ2n) is 4.76. The SMILES string of the molecule is CCOC(=O)[C@@](C)(O)CC(=O)OC(C)(C)C. The number of hydrogen-bond donors (Lipinski definition) is 1. The second-order valence-corrected chi connectivity index (χ2v) is 4.76. The Bertz CT molecular complexity index is 262. The molecule has 0 bridgehead atoms. The first-order valence-corrected chi connectivity index (χ1v) is 5.20. The van der Waals surface area contributed by atoms with Gasteiger partial charge in [-0.25, -0.2) is 4.79 Å². The van der Waals surface area contributed by atoms with Crippen LogP contribution in [0.3, 0.4) is 0 Å². The zero-order valence-corrected chi connectivity index (χ0v) is 10.5. The Hall–Kier alpha value is -1.10. The normalized spacial score (nSPS) is 15.1. The largest absolute Gasteiger partial charge is 0.464 e. The predicted octanol–water partition coefficient (Wildman–Crippen LogP) is 1.03. The van der Waals surface area contributed by atoms with Crippen LogP contribution in [0.1, 0.15) is 41.0 Å². The van der Waals surface area contributed by atoms with Crippen molar-refractivity contribution in [3.05, 3.63) is 0 Å². The highest BCUT2D eigenvalue weighted by Gasteiger charge is 2.36. The second kappa shape index (κ2) is 5.30. The van der Waals surface area contributed by atoms with E-state index in [1.54, 1.807) is 27.7 Å². The number of rotatable bonds is 4. The molecule has 0 aromatic heterocycles. The van der Waals surface area contributed by atoms with Gasteiger partial charge in [0.05, 0.1) is 13.0 Å². The van der Waals surface area contributed by atoms with Crippen LogP contribution >= 0.6 is 0 Å². The maximum atomic E-state index is 11.4. The molecular weight excluding hydrogens is 212 g/mol. The minimum atomic E-state index is -1.83. The van der Waals surface area contributed by atoms with E-state index in [1.807, 2.05) is 0 Å². The Morgan fingerprint density at radius 2 is 1.69 bits per heavy atom. The van der Waals surface area contributed by atoms with E-state index in [1.165, 1.54) is 6.92 Å². The number of esters is 2. The molecule has 0 aliphatic carbocycles. The van der Waals surface area contributed by atoms with Gasteiger partial charge in [0.15, 0.2) is 5.60 Å². The van der Waals surface area contributed by atoms with Crippen LogP contribution in [0.15, 0.2) is 0 Å². The molecule has 0 heterocycles. The van der Waals surface area contributed by atoms with Gasteiger partial charge in [-0.1, -0.05) is 0 Å². The fraction of sp³-hybridized carbons (Fsp3) is 0.818. The summed E-state index contributed by atoms with van der Waals surface area (Å²) in [4.78, 5) is 22.7. The van der Waals surface area contributed by atoms with Gasteiger partial charge in [0.1, 0.15) is 5.60 Å². The van der Waals surface area contributed by atoms with Crippen molar-refractivity contribution in [1.82, 2.24) is 0 Å². The Morgan fingerprint density at radius 3 is 2.06 bits per heavy atom. The topological polar surface area (TPSA) is 72.8 Å². The molecule has 0 radical (unpaired) electrons. The average Bonchev–Trinajstić information content (AvgIpc) is 1.99. The third kappa shape index (κ3) is 5.70. The van der Waals surface area contributed by atoms with Gasteiger partial charge >= 0.3 is 11.9 Å². The molecule has 0 spiro atoms.